The third-order valence-electron chi connectivity index (χ3n) is 2.99. The molecule has 2 rings (SSSR count). The van der Waals surface area contributed by atoms with Crippen molar-refractivity contribution in [3.8, 4) is 0 Å². The molecule has 0 saturated heterocycles. The molecule has 0 aliphatic rings. The molecule has 2 aromatic rings. The Morgan fingerprint density at radius 3 is 2.85 bits per heavy atom. The molecule has 0 aliphatic heterocycles. The molecule has 1 aromatic heterocycles. The maximum absolute atomic E-state index is 11.6. The van der Waals surface area contributed by atoms with Crippen LogP contribution in [-0.4, -0.2) is 30.2 Å². The number of nitrogens with one attached hydrogen (secondary N) is 1. The molecule has 0 radical (unpaired) electrons. The van der Waals surface area contributed by atoms with Crippen molar-refractivity contribution in [1.82, 2.24) is 4.57 Å². The zero-order valence-electron chi connectivity index (χ0n) is 11.6. The molecular weight excluding hydrogens is 278 g/mol. The van der Waals surface area contributed by atoms with Gasteiger partial charge in [-0.05, 0) is 30.5 Å². The minimum atomic E-state index is -0.518. The van der Waals surface area contributed by atoms with Crippen molar-refractivity contribution >= 4 is 34.9 Å². The van der Waals surface area contributed by atoms with Crippen molar-refractivity contribution in [3.05, 3.63) is 30.5 Å². The summed E-state index contributed by atoms with van der Waals surface area (Å²) in [5.74, 6) is -0.186. The first-order valence-corrected chi connectivity index (χ1v) is 6.26. The van der Waals surface area contributed by atoms with Crippen LogP contribution in [0.5, 0.6) is 0 Å². The molecule has 3 N–H and O–H groups in total. The van der Waals surface area contributed by atoms with Gasteiger partial charge in [0.05, 0.1) is 18.2 Å². The molecule has 0 saturated carbocycles. The van der Waals surface area contributed by atoms with Gasteiger partial charge >= 0.3 is 0 Å². The van der Waals surface area contributed by atoms with Crippen molar-refractivity contribution in [2.45, 2.75) is 19.5 Å². The van der Waals surface area contributed by atoms with Gasteiger partial charge in [0.25, 0.3) is 0 Å². The lowest BCUT2D eigenvalue weighted by atomic mass is 10.2. The number of methoxy groups -OCH3 is 1. The average molecular weight is 298 g/mol. The third-order valence-corrected chi connectivity index (χ3v) is 2.99. The summed E-state index contributed by atoms with van der Waals surface area (Å²) >= 11 is 0. The van der Waals surface area contributed by atoms with E-state index in [0.29, 0.717) is 6.61 Å². The van der Waals surface area contributed by atoms with Gasteiger partial charge in [-0.2, -0.15) is 0 Å². The summed E-state index contributed by atoms with van der Waals surface area (Å²) in [6.07, 6.45) is 2.01. The van der Waals surface area contributed by atoms with E-state index in [9.17, 15) is 4.79 Å². The van der Waals surface area contributed by atoms with Crippen LogP contribution >= 0.6 is 12.4 Å². The molecule has 1 unspecified atom stereocenters. The lowest BCUT2D eigenvalue weighted by molar-refractivity contribution is -0.117. The molecule has 20 heavy (non-hydrogen) atoms. The summed E-state index contributed by atoms with van der Waals surface area (Å²) < 4.78 is 7.18. The molecule has 110 valence electrons. The van der Waals surface area contributed by atoms with Gasteiger partial charge in [0.15, 0.2) is 0 Å². The average Bonchev–Trinajstić information content (AvgIpc) is 2.78. The number of hydrogen-bond donors (Lipinski definition) is 2. The summed E-state index contributed by atoms with van der Waals surface area (Å²) in [4.78, 5) is 11.6. The van der Waals surface area contributed by atoms with Gasteiger partial charge in [-0.1, -0.05) is 6.07 Å². The topological polar surface area (TPSA) is 69.3 Å². The Morgan fingerprint density at radius 2 is 2.20 bits per heavy atom. The van der Waals surface area contributed by atoms with Crippen LogP contribution < -0.4 is 11.1 Å². The second-order valence-electron chi connectivity index (χ2n) is 4.55. The van der Waals surface area contributed by atoms with Gasteiger partial charge in [0.2, 0.25) is 5.91 Å². The number of hydrogen-bond acceptors (Lipinski definition) is 3. The van der Waals surface area contributed by atoms with E-state index in [4.69, 9.17) is 10.5 Å². The Labute approximate surface area is 124 Å². The summed E-state index contributed by atoms with van der Waals surface area (Å²) in [7, 11) is 1.68. The fourth-order valence-electron chi connectivity index (χ4n) is 1.90. The van der Waals surface area contributed by atoms with Gasteiger partial charge < -0.3 is 20.4 Å². The Balaban J connectivity index is 0.00000200. The quantitative estimate of drug-likeness (QED) is 0.887. The molecule has 1 aromatic carbocycles. The van der Waals surface area contributed by atoms with Crippen molar-refractivity contribution < 1.29 is 9.53 Å². The van der Waals surface area contributed by atoms with Gasteiger partial charge in [-0.3, -0.25) is 4.79 Å². The second-order valence-corrected chi connectivity index (χ2v) is 4.55. The lowest BCUT2D eigenvalue weighted by Crippen LogP contribution is -2.32. The van der Waals surface area contributed by atoms with Crippen LogP contribution in [0.1, 0.15) is 6.92 Å². The highest BCUT2D eigenvalue weighted by Crippen LogP contribution is 2.20. The molecular formula is C14H20ClN3O2. The van der Waals surface area contributed by atoms with Crippen LogP contribution in [0.25, 0.3) is 10.9 Å². The number of nitrogens with zero attached hydrogens (tertiary/aromatic N) is 1. The van der Waals surface area contributed by atoms with E-state index in [2.05, 4.69) is 9.88 Å². The number of ether oxygens (including phenoxy) is 1. The predicted molar refractivity (Wildman–Crippen MR) is 83.3 cm³/mol. The summed E-state index contributed by atoms with van der Waals surface area (Å²) in [5, 5.41) is 3.93. The number of carbonyl (C=O) groups is 1. The second kappa shape index (κ2) is 7.28. The van der Waals surface area contributed by atoms with Crippen molar-refractivity contribution in [2.24, 2.45) is 5.73 Å². The summed E-state index contributed by atoms with van der Waals surface area (Å²) in [6.45, 7) is 3.10. The first-order valence-electron chi connectivity index (χ1n) is 6.26. The highest BCUT2D eigenvalue weighted by Gasteiger charge is 2.08. The maximum atomic E-state index is 11.6. The van der Waals surface area contributed by atoms with Crippen LogP contribution in [0, 0.1) is 0 Å². The summed E-state index contributed by atoms with van der Waals surface area (Å²) in [6, 6.07) is 7.34. The van der Waals surface area contributed by atoms with E-state index in [1.54, 1.807) is 14.0 Å². The van der Waals surface area contributed by atoms with Crippen molar-refractivity contribution in [2.75, 3.05) is 19.0 Å². The van der Waals surface area contributed by atoms with E-state index in [1.807, 2.05) is 30.5 Å². The number of nitrogens with two attached hydrogens (primary N) is 1. The van der Waals surface area contributed by atoms with E-state index in [1.165, 1.54) is 0 Å². The molecule has 0 aliphatic carbocycles. The SMILES string of the molecule is COCCn1ccc2ccc(NC(=O)C(C)N)cc21.Cl. The van der Waals surface area contributed by atoms with Crippen LogP contribution in [0.4, 0.5) is 5.69 Å². The van der Waals surface area contributed by atoms with E-state index < -0.39 is 6.04 Å². The lowest BCUT2D eigenvalue weighted by Gasteiger charge is -2.09. The molecule has 1 atom stereocenters. The fraction of sp³-hybridized carbons (Fsp3) is 0.357. The molecule has 6 heteroatoms. The number of amides is 1. The Bertz CT molecular complexity index is 581. The molecule has 0 spiro atoms. The molecule has 0 bridgehead atoms. The van der Waals surface area contributed by atoms with Gasteiger partial charge in [0.1, 0.15) is 0 Å². The molecule has 0 fully saturated rings. The first-order chi connectivity index (χ1) is 9.11. The number of rotatable bonds is 5. The Hall–Kier alpha value is -1.56. The molecule has 1 heterocycles. The van der Waals surface area contributed by atoms with Gasteiger partial charge in [-0.15, -0.1) is 12.4 Å². The first kappa shape index (κ1) is 16.5. The van der Waals surface area contributed by atoms with Crippen LogP contribution in [-0.2, 0) is 16.1 Å². The normalized spacial score (nSPS) is 11.9. The molecule has 5 nitrogen and oxygen atoms in total. The summed E-state index contributed by atoms with van der Waals surface area (Å²) in [5.41, 5.74) is 7.36. The monoisotopic (exact) mass is 297 g/mol. The number of carbonyl (C=O) groups excluding carboxylic acids is 1. The predicted octanol–water partition coefficient (Wildman–Crippen LogP) is 2.00. The number of anilines is 1. The minimum absolute atomic E-state index is 0. The van der Waals surface area contributed by atoms with Crippen molar-refractivity contribution in [3.63, 3.8) is 0 Å². The van der Waals surface area contributed by atoms with Gasteiger partial charge in [0, 0.05) is 25.5 Å². The zero-order chi connectivity index (χ0) is 13.8. The van der Waals surface area contributed by atoms with Crippen molar-refractivity contribution in [1.29, 1.82) is 0 Å². The minimum Gasteiger partial charge on any atom is -0.383 e. The Kier molecular flexibility index (Phi) is 6.01. The van der Waals surface area contributed by atoms with E-state index in [0.717, 1.165) is 23.1 Å². The van der Waals surface area contributed by atoms with Crippen LogP contribution in [0.3, 0.4) is 0 Å². The maximum Gasteiger partial charge on any atom is 0.240 e. The zero-order valence-corrected chi connectivity index (χ0v) is 12.4. The van der Waals surface area contributed by atoms with Gasteiger partial charge in [-0.25, -0.2) is 0 Å². The Morgan fingerprint density at radius 1 is 1.45 bits per heavy atom. The van der Waals surface area contributed by atoms with Crippen LogP contribution in [0.15, 0.2) is 30.5 Å². The number of fused-ring (bicyclic) bond motifs is 1. The van der Waals surface area contributed by atoms with Crippen LogP contribution in [0.2, 0.25) is 0 Å². The standard InChI is InChI=1S/C14H19N3O2.ClH/c1-10(15)14(18)16-12-4-3-11-5-6-17(7-8-19-2)13(11)9-12;/h3-6,9-10H,7-8,15H2,1-2H3,(H,16,18);1H. The van der Waals surface area contributed by atoms with E-state index in [-0.39, 0.29) is 18.3 Å². The molecule has 1 amide bonds. The number of halogens is 1. The highest BCUT2D eigenvalue weighted by molar-refractivity contribution is 5.96. The third kappa shape index (κ3) is 3.72. The number of benzene rings is 1. The van der Waals surface area contributed by atoms with E-state index >= 15 is 0 Å². The number of aromatic nitrogens is 1. The highest BCUT2D eigenvalue weighted by atomic mass is 35.5. The smallest absolute Gasteiger partial charge is 0.240 e. The largest absolute Gasteiger partial charge is 0.383 e. The fourth-order valence-corrected chi connectivity index (χ4v) is 1.90.